The van der Waals surface area contributed by atoms with Gasteiger partial charge in [-0.2, -0.15) is 0 Å². The number of benzene rings is 1. The van der Waals surface area contributed by atoms with Gasteiger partial charge in [-0.1, -0.05) is 12.1 Å². The first-order chi connectivity index (χ1) is 7.20. The highest BCUT2D eigenvalue weighted by atomic mass is 16.5. The van der Waals surface area contributed by atoms with E-state index in [-0.39, 0.29) is 5.71 Å². The van der Waals surface area contributed by atoms with E-state index in [1.807, 2.05) is 6.92 Å². The zero-order valence-corrected chi connectivity index (χ0v) is 8.74. The minimum Gasteiger partial charge on any atom is -0.493 e. The number of carbonyl (C=O) groups excluding carboxylic acids is 1. The molecule has 0 saturated heterocycles. The van der Waals surface area contributed by atoms with E-state index >= 15 is 0 Å². The summed E-state index contributed by atoms with van der Waals surface area (Å²) in [7, 11) is 1.25. The maximum absolute atomic E-state index is 11.2. The molecule has 4 heteroatoms. The molecule has 15 heavy (non-hydrogen) atoms. The summed E-state index contributed by atoms with van der Waals surface area (Å²) in [4.78, 5) is 11.2. The Kier molecular flexibility index (Phi) is 3.85. The molecule has 1 rings (SSSR count). The van der Waals surface area contributed by atoms with Crippen molar-refractivity contribution in [3.63, 3.8) is 0 Å². The Morgan fingerprint density at radius 1 is 1.40 bits per heavy atom. The van der Waals surface area contributed by atoms with Crippen LogP contribution in [0.4, 0.5) is 0 Å². The highest BCUT2D eigenvalue weighted by Crippen LogP contribution is 2.18. The van der Waals surface area contributed by atoms with Gasteiger partial charge in [0.15, 0.2) is 5.71 Å². The maximum Gasteiger partial charge on any atom is 0.356 e. The van der Waals surface area contributed by atoms with Crippen molar-refractivity contribution in [1.82, 2.24) is 0 Å². The first-order valence-corrected chi connectivity index (χ1v) is 4.59. The topological polar surface area (TPSA) is 59.4 Å². The van der Waals surface area contributed by atoms with Crippen LogP contribution in [0.3, 0.4) is 0 Å². The van der Waals surface area contributed by atoms with Crippen molar-refractivity contribution in [2.75, 3.05) is 13.7 Å². The van der Waals surface area contributed by atoms with E-state index < -0.39 is 5.97 Å². The zero-order chi connectivity index (χ0) is 11.3. The SMILES string of the molecule is CCOc1ccccc1C(=N)C(=O)OC. The molecule has 1 aromatic rings. The second-order valence-corrected chi connectivity index (χ2v) is 2.80. The van der Waals surface area contributed by atoms with Gasteiger partial charge >= 0.3 is 5.97 Å². The molecule has 0 spiro atoms. The molecule has 80 valence electrons. The molecule has 0 atom stereocenters. The molecule has 0 heterocycles. The molecule has 0 saturated carbocycles. The Bertz CT molecular complexity index is 374. The fourth-order valence-electron chi connectivity index (χ4n) is 1.17. The number of hydrogen-bond donors (Lipinski definition) is 1. The fraction of sp³-hybridized carbons (Fsp3) is 0.273. The van der Waals surface area contributed by atoms with Crippen LogP contribution in [0.1, 0.15) is 12.5 Å². The lowest BCUT2D eigenvalue weighted by molar-refractivity contribution is -0.132. The van der Waals surface area contributed by atoms with Gasteiger partial charge in [0.05, 0.1) is 13.7 Å². The minimum atomic E-state index is -0.665. The summed E-state index contributed by atoms with van der Waals surface area (Å²) >= 11 is 0. The van der Waals surface area contributed by atoms with Crippen LogP contribution in [0.15, 0.2) is 24.3 Å². The number of nitrogens with one attached hydrogen (secondary N) is 1. The van der Waals surface area contributed by atoms with Crippen LogP contribution < -0.4 is 4.74 Å². The monoisotopic (exact) mass is 207 g/mol. The lowest BCUT2D eigenvalue weighted by Crippen LogP contribution is -2.16. The predicted molar refractivity (Wildman–Crippen MR) is 56.5 cm³/mol. The van der Waals surface area contributed by atoms with Crippen molar-refractivity contribution >= 4 is 11.7 Å². The van der Waals surface area contributed by atoms with Gasteiger partial charge in [-0.25, -0.2) is 4.79 Å². The molecule has 0 aliphatic rings. The summed E-state index contributed by atoms with van der Waals surface area (Å²) in [5, 5.41) is 7.60. The Balaban J connectivity index is 3.02. The van der Waals surface area contributed by atoms with Crippen molar-refractivity contribution in [2.24, 2.45) is 0 Å². The Hall–Kier alpha value is -1.84. The van der Waals surface area contributed by atoms with E-state index in [0.717, 1.165) is 0 Å². The molecule has 0 radical (unpaired) electrons. The van der Waals surface area contributed by atoms with E-state index in [9.17, 15) is 4.79 Å². The summed E-state index contributed by atoms with van der Waals surface area (Å²) in [5.74, 6) is -0.141. The number of rotatable bonds is 4. The Morgan fingerprint density at radius 2 is 2.07 bits per heavy atom. The molecule has 0 unspecified atom stereocenters. The van der Waals surface area contributed by atoms with Crippen LogP contribution in [0, 0.1) is 5.41 Å². The van der Waals surface area contributed by atoms with Crippen LogP contribution in [-0.4, -0.2) is 25.4 Å². The highest BCUT2D eigenvalue weighted by molar-refractivity contribution is 6.42. The van der Waals surface area contributed by atoms with E-state index in [4.69, 9.17) is 10.1 Å². The first kappa shape index (κ1) is 11.2. The van der Waals surface area contributed by atoms with Gasteiger partial charge in [-0.05, 0) is 19.1 Å². The van der Waals surface area contributed by atoms with Gasteiger partial charge in [0.2, 0.25) is 0 Å². The van der Waals surface area contributed by atoms with Crippen LogP contribution >= 0.6 is 0 Å². The molecule has 4 nitrogen and oxygen atoms in total. The largest absolute Gasteiger partial charge is 0.493 e. The molecular formula is C11H13NO3. The van der Waals surface area contributed by atoms with Gasteiger partial charge in [-0.15, -0.1) is 0 Å². The molecule has 0 aliphatic heterocycles. The number of carbonyl (C=O) groups is 1. The summed E-state index contributed by atoms with van der Waals surface area (Å²) in [5.41, 5.74) is 0.257. The van der Waals surface area contributed by atoms with Crippen LogP contribution in [0.5, 0.6) is 5.75 Å². The molecular weight excluding hydrogens is 194 g/mol. The number of esters is 1. The van der Waals surface area contributed by atoms with E-state index in [1.54, 1.807) is 24.3 Å². The van der Waals surface area contributed by atoms with Crippen LogP contribution in [0.25, 0.3) is 0 Å². The Labute approximate surface area is 88.3 Å². The standard InChI is InChI=1S/C11H13NO3/c1-3-15-9-7-5-4-6-8(9)10(12)11(13)14-2/h4-7,12H,3H2,1-2H3. The van der Waals surface area contributed by atoms with Crippen molar-refractivity contribution in [3.8, 4) is 5.75 Å². The number of ether oxygens (including phenoxy) is 2. The Morgan fingerprint density at radius 3 is 2.67 bits per heavy atom. The average Bonchev–Trinajstić information content (AvgIpc) is 2.28. The van der Waals surface area contributed by atoms with Crippen molar-refractivity contribution in [3.05, 3.63) is 29.8 Å². The van der Waals surface area contributed by atoms with Gasteiger partial charge in [-0.3, -0.25) is 5.41 Å². The lowest BCUT2D eigenvalue weighted by Gasteiger charge is -2.09. The second kappa shape index (κ2) is 5.14. The van der Waals surface area contributed by atoms with Gasteiger partial charge in [0, 0.05) is 5.56 Å². The quantitative estimate of drug-likeness (QED) is 0.603. The maximum atomic E-state index is 11.2. The molecule has 0 fully saturated rings. The summed E-state index contributed by atoms with van der Waals surface area (Å²) in [6, 6.07) is 6.91. The van der Waals surface area contributed by atoms with Gasteiger partial charge in [0.1, 0.15) is 5.75 Å². The molecule has 0 aromatic heterocycles. The van der Waals surface area contributed by atoms with E-state index in [2.05, 4.69) is 4.74 Å². The average molecular weight is 207 g/mol. The zero-order valence-electron chi connectivity index (χ0n) is 8.74. The number of hydrogen-bond acceptors (Lipinski definition) is 4. The third-order valence-electron chi connectivity index (χ3n) is 1.85. The molecule has 0 bridgehead atoms. The van der Waals surface area contributed by atoms with Crippen molar-refractivity contribution < 1.29 is 14.3 Å². The third kappa shape index (κ3) is 2.56. The molecule has 1 aromatic carbocycles. The smallest absolute Gasteiger partial charge is 0.356 e. The molecule has 1 N–H and O–H groups in total. The third-order valence-corrected chi connectivity index (χ3v) is 1.85. The number of para-hydroxylation sites is 1. The first-order valence-electron chi connectivity index (χ1n) is 4.59. The molecule has 0 aliphatic carbocycles. The normalized spacial score (nSPS) is 9.47. The van der Waals surface area contributed by atoms with E-state index in [1.165, 1.54) is 7.11 Å². The summed E-state index contributed by atoms with van der Waals surface area (Å²) in [6.45, 7) is 2.34. The second-order valence-electron chi connectivity index (χ2n) is 2.80. The van der Waals surface area contributed by atoms with Gasteiger partial charge < -0.3 is 9.47 Å². The van der Waals surface area contributed by atoms with E-state index in [0.29, 0.717) is 17.9 Å². The summed E-state index contributed by atoms with van der Waals surface area (Å²) in [6.07, 6.45) is 0. The minimum absolute atomic E-state index is 0.193. The van der Waals surface area contributed by atoms with Crippen LogP contribution in [-0.2, 0) is 9.53 Å². The van der Waals surface area contributed by atoms with Gasteiger partial charge in [0.25, 0.3) is 0 Å². The predicted octanol–water partition coefficient (Wildman–Crippen LogP) is 1.63. The molecule has 0 amide bonds. The lowest BCUT2D eigenvalue weighted by atomic mass is 10.1. The fourth-order valence-corrected chi connectivity index (χ4v) is 1.17. The van der Waals surface area contributed by atoms with Crippen molar-refractivity contribution in [2.45, 2.75) is 6.92 Å². The van der Waals surface area contributed by atoms with Crippen molar-refractivity contribution in [1.29, 1.82) is 5.41 Å². The van der Waals surface area contributed by atoms with Crippen LogP contribution in [0.2, 0.25) is 0 Å². The highest BCUT2D eigenvalue weighted by Gasteiger charge is 2.15. The number of methoxy groups -OCH3 is 1. The summed E-state index contributed by atoms with van der Waals surface area (Å²) < 4.78 is 9.78.